The number of hydrogen-bond donors (Lipinski definition) is 1. The van der Waals surface area contributed by atoms with Gasteiger partial charge in [0.1, 0.15) is 5.69 Å². The lowest BCUT2D eigenvalue weighted by molar-refractivity contribution is -0.384. The maximum absolute atomic E-state index is 12.6. The Kier molecular flexibility index (Phi) is 4.74. The second-order valence-corrected chi connectivity index (χ2v) is 6.53. The Morgan fingerprint density at radius 2 is 1.97 bits per heavy atom. The predicted molar refractivity (Wildman–Crippen MR) is 109 cm³/mol. The highest BCUT2D eigenvalue weighted by molar-refractivity contribution is 6.07. The number of rotatable bonds is 6. The minimum Gasteiger partial charge on any atom is -0.375 e. The number of pyridine rings is 1. The third kappa shape index (κ3) is 3.55. The number of para-hydroxylation sites is 1. The fourth-order valence-electron chi connectivity index (χ4n) is 3.19. The highest BCUT2D eigenvalue weighted by Crippen LogP contribution is 2.28. The molecule has 144 valence electrons. The molecule has 0 aliphatic carbocycles. The predicted octanol–water partition coefficient (Wildman–Crippen LogP) is 3.72. The van der Waals surface area contributed by atoms with Gasteiger partial charge in [0, 0.05) is 49.2 Å². The van der Waals surface area contributed by atoms with Gasteiger partial charge in [0.05, 0.1) is 10.4 Å². The van der Waals surface area contributed by atoms with Crippen molar-refractivity contribution in [2.45, 2.75) is 6.54 Å². The Morgan fingerprint density at radius 1 is 1.14 bits per heavy atom. The highest BCUT2D eigenvalue weighted by atomic mass is 16.6. The molecule has 8 nitrogen and oxygen atoms in total. The Hall–Kier alpha value is -4.07. The first-order valence-corrected chi connectivity index (χ1v) is 8.91. The number of hydrogen-bond acceptors (Lipinski definition) is 6. The van der Waals surface area contributed by atoms with E-state index in [1.54, 1.807) is 36.1 Å². The normalized spacial score (nSPS) is 10.8. The molecule has 0 amide bonds. The maximum Gasteiger partial charge on any atom is 0.293 e. The summed E-state index contributed by atoms with van der Waals surface area (Å²) in [6.07, 6.45) is 4.87. The molecule has 2 heterocycles. The molecule has 2 aromatic carbocycles. The summed E-state index contributed by atoms with van der Waals surface area (Å²) in [5.41, 5.74) is 2.14. The molecule has 0 aliphatic rings. The van der Waals surface area contributed by atoms with Gasteiger partial charge >= 0.3 is 0 Å². The molecule has 4 aromatic rings. The van der Waals surface area contributed by atoms with Crippen molar-refractivity contribution in [2.75, 3.05) is 5.32 Å². The minimum atomic E-state index is -0.501. The van der Waals surface area contributed by atoms with Crippen LogP contribution in [0.2, 0.25) is 0 Å². The van der Waals surface area contributed by atoms with Gasteiger partial charge in [-0.15, -0.1) is 0 Å². The van der Waals surface area contributed by atoms with E-state index in [-0.39, 0.29) is 22.9 Å². The van der Waals surface area contributed by atoms with Crippen LogP contribution in [-0.2, 0) is 13.6 Å². The van der Waals surface area contributed by atoms with Crippen LogP contribution < -0.4 is 5.32 Å². The molecule has 0 saturated heterocycles. The lowest BCUT2D eigenvalue weighted by atomic mass is 10.1. The quantitative estimate of drug-likeness (QED) is 0.307. The van der Waals surface area contributed by atoms with Crippen molar-refractivity contribution in [1.82, 2.24) is 14.5 Å². The fraction of sp³-hybridized carbons (Fsp3) is 0.0952. The molecular formula is C21H17N5O3. The van der Waals surface area contributed by atoms with E-state index < -0.39 is 4.92 Å². The van der Waals surface area contributed by atoms with Crippen molar-refractivity contribution in [3.05, 3.63) is 94.2 Å². The number of imidazole rings is 1. The van der Waals surface area contributed by atoms with Gasteiger partial charge in [-0.2, -0.15) is 0 Å². The zero-order valence-corrected chi connectivity index (χ0v) is 15.6. The number of nitro groups is 1. The number of aryl methyl sites for hydroxylation is 1. The zero-order chi connectivity index (χ0) is 20.4. The topological polar surface area (TPSA) is 103 Å². The van der Waals surface area contributed by atoms with Crippen molar-refractivity contribution in [3.8, 4) is 0 Å². The monoisotopic (exact) mass is 387 g/mol. The SMILES string of the molecule is Cn1ccnc1C(=O)c1ccc(NCc2cccc3cccnc23)c([N+](=O)[O-])c1. The molecule has 1 N–H and O–H groups in total. The van der Waals surface area contributed by atoms with Crippen LogP contribution in [0.5, 0.6) is 0 Å². The van der Waals surface area contributed by atoms with Crippen molar-refractivity contribution >= 4 is 28.1 Å². The van der Waals surface area contributed by atoms with Gasteiger partial charge in [0.25, 0.3) is 5.69 Å². The number of benzene rings is 2. The van der Waals surface area contributed by atoms with Crippen LogP contribution in [0, 0.1) is 10.1 Å². The van der Waals surface area contributed by atoms with Crippen molar-refractivity contribution in [2.24, 2.45) is 7.05 Å². The van der Waals surface area contributed by atoms with Crippen LogP contribution in [0.1, 0.15) is 21.7 Å². The highest BCUT2D eigenvalue weighted by Gasteiger charge is 2.20. The van der Waals surface area contributed by atoms with E-state index in [1.165, 1.54) is 12.3 Å². The van der Waals surface area contributed by atoms with Crippen molar-refractivity contribution in [1.29, 1.82) is 0 Å². The van der Waals surface area contributed by atoms with E-state index in [1.807, 2.05) is 30.3 Å². The van der Waals surface area contributed by atoms with E-state index in [0.717, 1.165) is 16.5 Å². The van der Waals surface area contributed by atoms with E-state index >= 15 is 0 Å². The molecule has 0 radical (unpaired) electrons. The third-order valence-electron chi connectivity index (χ3n) is 4.67. The zero-order valence-electron chi connectivity index (χ0n) is 15.6. The molecule has 0 saturated carbocycles. The first kappa shape index (κ1) is 18.3. The summed E-state index contributed by atoms with van der Waals surface area (Å²) in [5.74, 6) is -0.146. The van der Waals surface area contributed by atoms with Gasteiger partial charge in [0.15, 0.2) is 5.82 Å². The van der Waals surface area contributed by atoms with E-state index in [0.29, 0.717) is 12.2 Å². The first-order chi connectivity index (χ1) is 14.0. The fourth-order valence-corrected chi connectivity index (χ4v) is 3.19. The molecule has 0 fully saturated rings. The first-order valence-electron chi connectivity index (χ1n) is 8.91. The summed E-state index contributed by atoms with van der Waals surface area (Å²) < 4.78 is 1.58. The van der Waals surface area contributed by atoms with Crippen LogP contribution in [-0.4, -0.2) is 25.2 Å². The number of nitro benzene ring substituents is 1. The minimum absolute atomic E-state index is 0.168. The van der Waals surface area contributed by atoms with Gasteiger partial charge in [-0.05, 0) is 23.8 Å². The number of carbonyl (C=O) groups is 1. The number of nitrogens with zero attached hydrogens (tertiary/aromatic N) is 4. The van der Waals surface area contributed by atoms with Crippen LogP contribution in [0.3, 0.4) is 0 Å². The summed E-state index contributed by atoms with van der Waals surface area (Å²) in [4.78, 5) is 32.1. The molecule has 2 aromatic heterocycles. The summed E-state index contributed by atoms with van der Waals surface area (Å²) >= 11 is 0. The van der Waals surface area contributed by atoms with Gasteiger partial charge in [-0.1, -0.05) is 24.3 Å². The van der Waals surface area contributed by atoms with E-state index in [2.05, 4.69) is 15.3 Å². The molecule has 4 rings (SSSR count). The smallest absolute Gasteiger partial charge is 0.293 e. The number of anilines is 1. The second kappa shape index (κ2) is 7.51. The van der Waals surface area contributed by atoms with Crippen LogP contribution in [0.25, 0.3) is 10.9 Å². The average Bonchev–Trinajstić information content (AvgIpc) is 3.17. The summed E-state index contributed by atoms with van der Waals surface area (Å²) in [5, 5.41) is 15.7. The Balaban J connectivity index is 1.63. The molecule has 0 unspecified atom stereocenters. The largest absolute Gasteiger partial charge is 0.375 e. The molecule has 0 aliphatic heterocycles. The van der Waals surface area contributed by atoms with Crippen molar-refractivity contribution in [3.63, 3.8) is 0 Å². The van der Waals surface area contributed by atoms with Crippen LogP contribution in [0.4, 0.5) is 11.4 Å². The van der Waals surface area contributed by atoms with Crippen LogP contribution in [0.15, 0.2) is 67.1 Å². The standard InChI is InChI=1S/C21H17N5O3/c1-25-11-10-23-21(25)20(27)15-7-8-17(18(12-15)26(28)29)24-13-16-5-2-4-14-6-3-9-22-19(14)16/h2-12,24H,13H2,1H3. The van der Waals surface area contributed by atoms with Gasteiger partial charge in [-0.25, -0.2) is 4.98 Å². The Labute approximate surface area is 166 Å². The number of fused-ring (bicyclic) bond motifs is 1. The maximum atomic E-state index is 12.6. The number of nitrogens with one attached hydrogen (secondary N) is 1. The lowest BCUT2D eigenvalue weighted by Crippen LogP contribution is -2.10. The Bertz CT molecular complexity index is 1230. The molecule has 29 heavy (non-hydrogen) atoms. The summed E-state index contributed by atoms with van der Waals surface area (Å²) in [6.45, 7) is 0.363. The number of carbonyl (C=O) groups excluding carboxylic acids is 1. The summed E-state index contributed by atoms with van der Waals surface area (Å²) in [7, 11) is 1.70. The van der Waals surface area contributed by atoms with E-state index in [4.69, 9.17) is 0 Å². The van der Waals surface area contributed by atoms with Gasteiger partial charge < -0.3 is 9.88 Å². The third-order valence-corrected chi connectivity index (χ3v) is 4.67. The second-order valence-electron chi connectivity index (χ2n) is 6.53. The van der Waals surface area contributed by atoms with Gasteiger partial charge in [-0.3, -0.25) is 19.9 Å². The molecule has 0 spiro atoms. The van der Waals surface area contributed by atoms with Crippen molar-refractivity contribution < 1.29 is 9.72 Å². The molecule has 8 heteroatoms. The number of aromatic nitrogens is 3. The van der Waals surface area contributed by atoms with E-state index in [9.17, 15) is 14.9 Å². The number of ketones is 1. The molecular weight excluding hydrogens is 370 g/mol. The van der Waals surface area contributed by atoms with Gasteiger partial charge in [0.2, 0.25) is 5.78 Å². The van der Waals surface area contributed by atoms with Crippen LogP contribution >= 0.6 is 0 Å². The molecule has 0 bridgehead atoms. The summed E-state index contributed by atoms with van der Waals surface area (Å²) in [6, 6.07) is 14.0. The lowest BCUT2D eigenvalue weighted by Gasteiger charge is -2.10. The Morgan fingerprint density at radius 3 is 2.72 bits per heavy atom. The average molecular weight is 387 g/mol. The molecule has 0 atom stereocenters.